The summed E-state index contributed by atoms with van der Waals surface area (Å²) < 4.78 is 10.9. The molecular formula is C16H25N3O3S. The lowest BCUT2D eigenvalue weighted by atomic mass is 9.82. The second kappa shape index (κ2) is 7.70. The van der Waals surface area contributed by atoms with Gasteiger partial charge in [-0.2, -0.15) is 0 Å². The summed E-state index contributed by atoms with van der Waals surface area (Å²) >= 11 is 1.68. The SMILES string of the molecule is COCCNC(=O)[C@H]1CN(Cc2scnc2C)C[C@H]2OCC[C@@H]12. The van der Waals surface area contributed by atoms with Gasteiger partial charge in [-0.25, -0.2) is 4.98 Å². The molecule has 6 nitrogen and oxygen atoms in total. The molecule has 2 aliphatic rings. The van der Waals surface area contributed by atoms with Crippen molar-refractivity contribution in [1.82, 2.24) is 15.2 Å². The predicted molar refractivity (Wildman–Crippen MR) is 88.4 cm³/mol. The Hall–Kier alpha value is -1.02. The first-order valence-corrected chi connectivity index (χ1v) is 9.06. The zero-order chi connectivity index (χ0) is 16.2. The highest BCUT2D eigenvalue weighted by atomic mass is 32.1. The molecule has 0 saturated carbocycles. The Balaban J connectivity index is 1.65. The van der Waals surface area contributed by atoms with Crippen LogP contribution in [0.25, 0.3) is 0 Å². The summed E-state index contributed by atoms with van der Waals surface area (Å²) in [5.41, 5.74) is 2.98. The Kier molecular flexibility index (Phi) is 5.63. The zero-order valence-corrected chi connectivity index (χ0v) is 14.6. The number of methoxy groups -OCH3 is 1. The van der Waals surface area contributed by atoms with Gasteiger partial charge in [-0.15, -0.1) is 11.3 Å². The number of amides is 1. The molecule has 0 radical (unpaired) electrons. The van der Waals surface area contributed by atoms with Crippen molar-refractivity contribution in [3.05, 3.63) is 16.1 Å². The Morgan fingerprint density at radius 1 is 1.57 bits per heavy atom. The molecule has 1 aromatic heterocycles. The molecule has 1 N–H and O–H groups in total. The number of nitrogens with zero attached hydrogens (tertiary/aromatic N) is 2. The Morgan fingerprint density at radius 2 is 2.43 bits per heavy atom. The van der Waals surface area contributed by atoms with Crippen molar-refractivity contribution in [2.75, 3.05) is 40.0 Å². The van der Waals surface area contributed by atoms with E-state index in [0.717, 1.165) is 38.4 Å². The quantitative estimate of drug-likeness (QED) is 0.785. The number of thiazole rings is 1. The highest BCUT2D eigenvalue weighted by Gasteiger charge is 2.43. The third-order valence-corrected chi connectivity index (χ3v) is 5.74. The number of piperidine rings is 1. The molecule has 1 aromatic rings. The van der Waals surface area contributed by atoms with Crippen molar-refractivity contribution in [1.29, 1.82) is 0 Å². The third kappa shape index (κ3) is 3.91. The van der Waals surface area contributed by atoms with E-state index in [2.05, 4.69) is 15.2 Å². The maximum Gasteiger partial charge on any atom is 0.224 e. The summed E-state index contributed by atoms with van der Waals surface area (Å²) in [6.45, 7) is 6.48. The van der Waals surface area contributed by atoms with Gasteiger partial charge >= 0.3 is 0 Å². The number of fused-ring (bicyclic) bond motifs is 1. The van der Waals surface area contributed by atoms with Crippen LogP contribution in [0.4, 0.5) is 0 Å². The van der Waals surface area contributed by atoms with Gasteiger partial charge in [0.25, 0.3) is 0 Å². The molecule has 0 bridgehead atoms. The second-order valence-electron chi connectivity index (χ2n) is 6.31. The molecule has 23 heavy (non-hydrogen) atoms. The lowest BCUT2D eigenvalue weighted by Gasteiger charge is -2.39. The van der Waals surface area contributed by atoms with Gasteiger partial charge in [0.2, 0.25) is 5.91 Å². The van der Waals surface area contributed by atoms with Crippen LogP contribution >= 0.6 is 11.3 Å². The van der Waals surface area contributed by atoms with E-state index in [1.165, 1.54) is 4.88 Å². The van der Waals surface area contributed by atoms with Gasteiger partial charge in [-0.05, 0) is 13.3 Å². The highest BCUT2D eigenvalue weighted by molar-refractivity contribution is 7.09. The van der Waals surface area contributed by atoms with Crippen LogP contribution in [0.15, 0.2) is 5.51 Å². The standard InChI is InChI=1S/C16H25N3O3S/c1-11-15(23-10-18-11)9-19-7-13(16(20)17-4-6-21-2)12-3-5-22-14(12)8-19/h10,12-14H,3-9H2,1-2H3,(H,17,20)/t12-,13-,14+/m0/s1. The first kappa shape index (κ1) is 16.8. The molecule has 0 aliphatic carbocycles. The number of aromatic nitrogens is 1. The number of likely N-dealkylation sites (tertiary alicyclic amines) is 1. The normalized spacial score (nSPS) is 27.8. The first-order chi connectivity index (χ1) is 11.2. The largest absolute Gasteiger partial charge is 0.383 e. The molecule has 128 valence electrons. The van der Waals surface area contributed by atoms with E-state index in [1.54, 1.807) is 18.4 Å². The number of nitrogens with one attached hydrogen (secondary N) is 1. The number of hydrogen-bond acceptors (Lipinski definition) is 6. The zero-order valence-electron chi connectivity index (χ0n) is 13.8. The van der Waals surface area contributed by atoms with Gasteiger partial charge in [0.15, 0.2) is 0 Å². The van der Waals surface area contributed by atoms with Crippen LogP contribution in [0.3, 0.4) is 0 Å². The monoisotopic (exact) mass is 339 g/mol. The second-order valence-corrected chi connectivity index (χ2v) is 7.25. The maximum absolute atomic E-state index is 12.6. The van der Waals surface area contributed by atoms with E-state index in [4.69, 9.17) is 9.47 Å². The predicted octanol–water partition coefficient (Wildman–Crippen LogP) is 1.05. The number of carbonyl (C=O) groups is 1. The molecule has 2 saturated heterocycles. The molecular weight excluding hydrogens is 314 g/mol. The Bertz CT molecular complexity index is 536. The van der Waals surface area contributed by atoms with Crippen LogP contribution in [0.2, 0.25) is 0 Å². The lowest BCUT2D eigenvalue weighted by Crippen LogP contribution is -2.52. The number of hydrogen-bond donors (Lipinski definition) is 1. The van der Waals surface area contributed by atoms with Crippen molar-refractivity contribution >= 4 is 17.2 Å². The molecule has 3 heterocycles. The molecule has 3 atom stereocenters. The average molecular weight is 339 g/mol. The van der Waals surface area contributed by atoms with Crippen molar-refractivity contribution in [2.24, 2.45) is 11.8 Å². The van der Waals surface area contributed by atoms with E-state index in [0.29, 0.717) is 19.1 Å². The van der Waals surface area contributed by atoms with Gasteiger partial charge < -0.3 is 14.8 Å². The molecule has 0 aromatic carbocycles. The van der Waals surface area contributed by atoms with E-state index in [9.17, 15) is 4.79 Å². The number of aryl methyl sites for hydroxylation is 1. The van der Waals surface area contributed by atoms with Gasteiger partial charge in [-0.3, -0.25) is 9.69 Å². The van der Waals surface area contributed by atoms with Gasteiger partial charge in [0.1, 0.15) is 0 Å². The van der Waals surface area contributed by atoms with Crippen LogP contribution in [0, 0.1) is 18.8 Å². The van der Waals surface area contributed by atoms with Crippen molar-refractivity contribution in [3.8, 4) is 0 Å². The summed E-state index contributed by atoms with van der Waals surface area (Å²) in [5.74, 6) is 0.478. The molecule has 0 unspecified atom stereocenters. The minimum absolute atomic E-state index is 0.00123. The number of carbonyl (C=O) groups excluding carboxylic acids is 1. The molecule has 7 heteroatoms. The van der Waals surface area contributed by atoms with Crippen LogP contribution in [-0.4, -0.2) is 61.9 Å². The fourth-order valence-electron chi connectivity index (χ4n) is 3.55. The summed E-state index contributed by atoms with van der Waals surface area (Å²) in [7, 11) is 1.65. The smallest absolute Gasteiger partial charge is 0.224 e. The van der Waals surface area contributed by atoms with Crippen LogP contribution in [0.1, 0.15) is 17.0 Å². The van der Waals surface area contributed by atoms with E-state index < -0.39 is 0 Å². The van der Waals surface area contributed by atoms with Gasteiger partial charge in [0, 0.05) is 50.7 Å². The molecule has 2 fully saturated rings. The van der Waals surface area contributed by atoms with Crippen molar-refractivity contribution < 1.29 is 14.3 Å². The molecule has 0 spiro atoms. The maximum atomic E-state index is 12.6. The van der Waals surface area contributed by atoms with Gasteiger partial charge in [-0.1, -0.05) is 0 Å². The van der Waals surface area contributed by atoms with Gasteiger partial charge in [0.05, 0.1) is 29.8 Å². The fourth-order valence-corrected chi connectivity index (χ4v) is 4.37. The number of ether oxygens (including phenoxy) is 2. The van der Waals surface area contributed by atoms with E-state index in [1.807, 2.05) is 12.4 Å². The summed E-state index contributed by atoms with van der Waals surface area (Å²) in [5, 5.41) is 3.00. The van der Waals surface area contributed by atoms with Crippen LogP contribution in [0.5, 0.6) is 0 Å². The van der Waals surface area contributed by atoms with E-state index >= 15 is 0 Å². The van der Waals surface area contributed by atoms with Crippen LogP contribution < -0.4 is 5.32 Å². The lowest BCUT2D eigenvalue weighted by molar-refractivity contribution is -0.131. The molecule has 3 rings (SSSR count). The Morgan fingerprint density at radius 3 is 3.17 bits per heavy atom. The minimum atomic E-state index is 0.00123. The molecule has 2 aliphatic heterocycles. The van der Waals surface area contributed by atoms with Crippen LogP contribution in [-0.2, 0) is 20.8 Å². The average Bonchev–Trinajstić information content (AvgIpc) is 3.16. The van der Waals surface area contributed by atoms with E-state index in [-0.39, 0.29) is 17.9 Å². The first-order valence-electron chi connectivity index (χ1n) is 8.18. The summed E-state index contributed by atoms with van der Waals surface area (Å²) in [6, 6.07) is 0. The highest BCUT2D eigenvalue weighted by Crippen LogP contribution is 2.34. The molecule has 1 amide bonds. The minimum Gasteiger partial charge on any atom is -0.383 e. The summed E-state index contributed by atoms with van der Waals surface area (Å²) in [6.07, 6.45) is 1.16. The van der Waals surface area contributed by atoms with Crippen molar-refractivity contribution in [3.63, 3.8) is 0 Å². The number of rotatable bonds is 6. The fraction of sp³-hybridized carbons (Fsp3) is 0.750. The third-order valence-electron chi connectivity index (χ3n) is 4.82. The topological polar surface area (TPSA) is 63.7 Å². The van der Waals surface area contributed by atoms with Crippen molar-refractivity contribution in [2.45, 2.75) is 26.0 Å². The Labute approximate surface area is 141 Å². The summed E-state index contributed by atoms with van der Waals surface area (Å²) in [4.78, 5) is 20.5.